The lowest BCUT2D eigenvalue weighted by Crippen LogP contribution is -2.48. The number of hydrogen-bond acceptors (Lipinski definition) is 5. The van der Waals surface area contributed by atoms with Crippen molar-refractivity contribution in [1.29, 1.82) is 0 Å². The number of hydrogen-bond donors (Lipinski definition) is 0. The van der Waals surface area contributed by atoms with E-state index in [1.54, 1.807) is 4.80 Å². The number of tetrazole rings is 1. The van der Waals surface area contributed by atoms with Gasteiger partial charge < -0.3 is 9.80 Å². The maximum Gasteiger partial charge on any atom is 0.222 e. The molecule has 1 saturated heterocycles. The Balaban J connectivity index is 1.23. The van der Waals surface area contributed by atoms with Crippen LogP contribution in [0.5, 0.6) is 0 Å². The number of benzene rings is 2. The Kier molecular flexibility index (Phi) is 6.05. The predicted molar refractivity (Wildman–Crippen MR) is 113 cm³/mol. The number of amides is 1. The summed E-state index contributed by atoms with van der Waals surface area (Å²) in [6, 6.07) is 17.6. The molecule has 1 aliphatic rings. The maximum absolute atomic E-state index is 12.5. The van der Waals surface area contributed by atoms with Crippen molar-refractivity contribution in [3.05, 3.63) is 59.6 Å². The molecule has 0 N–H and O–H groups in total. The Labute approximate surface area is 174 Å². The summed E-state index contributed by atoms with van der Waals surface area (Å²) < 4.78 is 0. The van der Waals surface area contributed by atoms with Gasteiger partial charge in [-0.1, -0.05) is 54.1 Å². The van der Waals surface area contributed by atoms with Crippen LogP contribution in [0.3, 0.4) is 0 Å². The fourth-order valence-electron chi connectivity index (χ4n) is 3.48. The van der Waals surface area contributed by atoms with Gasteiger partial charge in [-0.05, 0) is 23.8 Å². The highest BCUT2D eigenvalue weighted by Crippen LogP contribution is 2.26. The van der Waals surface area contributed by atoms with E-state index in [0.29, 0.717) is 38.3 Å². The van der Waals surface area contributed by atoms with Crippen LogP contribution in [0.15, 0.2) is 54.6 Å². The summed E-state index contributed by atoms with van der Waals surface area (Å²) in [5.41, 5.74) is 1.97. The Morgan fingerprint density at radius 2 is 1.69 bits per heavy atom. The molecule has 8 heteroatoms. The Hall–Kier alpha value is -2.93. The second kappa shape index (κ2) is 9.05. The van der Waals surface area contributed by atoms with Gasteiger partial charge in [0, 0.05) is 38.2 Å². The van der Waals surface area contributed by atoms with E-state index in [-0.39, 0.29) is 5.91 Å². The zero-order valence-corrected chi connectivity index (χ0v) is 16.9. The molecule has 0 bridgehead atoms. The minimum Gasteiger partial charge on any atom is -0.367 e. The summed E-state index contributed by atoms with van der Waals surface area (Å²) in [4.78, 5) is 18.3. The summed E-state index contributed by atoms with van der Waals surface area (Å²) in [5.74, 6) is 0.778. The van der Waals surface area contributed by atoms with Crippen molar-refractivity contribution in [3.63, 3.8) is 0 Å². The SMILES string of the molecule is O=C(CCCn1nnc(-c2ccccc2)n1)N1CCN(c2ccccc2Cl)CC1. The molecule has 29 heavy (non-hydrogen) atoms. The number of rotatable bonds is 6. The smallest absolute Gasteiger partial charge is 0.222 e. The van der Waals surface area contributed by atoms with Crippen molar-refractivity contribution in [2.45, 2.75) is 19.4 Å². The van der Waals surface area contributed by atoms with Crippen molar-refractivity contribution in [1.82, 2.24) is 25.1 Å². The van der Waals surface area contributed by atoms with Gasteiger partial charge in [0.15, 0.2) is 0 Å². The molecule has 0 atom stereocenters. The van der Waals surface area contributed by atoms with Crippen molar-refractivity contribution >= 4 is 23.2 Å². The predicted octanol–water partition coefficient (Wildman–Crippen LogP) is 3.12. The van der Waals surface area contributed by atoms with E-state index >= 15 is 0 Å². The molecule has 2 aromatic carbocycles. The topological polar surface area (TPSA) is 67.2 Å². The normalized spacial score (nSPS) is 14.2. The highest BCUT2D eigenvalue weighted by atomic mass is 35.5. The van der Waals surface area contributed by atoms with Crippen molar-refractivity contribution in [3.8, 4) is 11.4 Å². The molecule has 0 saturated carbocycles. The summed E-state index contributed by atoms with van der Waals surface area (Å²) in [5, 5.41) is 13.3. The summed E-state index contributed by atoms with van der Waals surface area (Å²) >= 11 is 6.28. The molecule has 7 nitrogen and oxygen atoms in total. The molecular weight excluding hydrogens is 388 g/mol. The summed E-state index contributed by atoms with van der Waals surface area (Å²) in [6.45, 7) is 3.58. The number of carbonyl (C=O) groups is 1. The van der Waals surface area contributed by atoms with Crippen LogP contribution in [-0.4, -0.2) is 57.2 Å². The van der Waals surface area contributed by atoms with Gasteiger partial charge in [0.2, 0.25) is 11.7 Å². The molecule has 3 aromatic rings. The number of piperazine rings is 1. The second-order valence-electron chi connectivity index (χ2n) is 7.00. The van der Waals surface area contributed by atoms with E-state index in [4.69, 9.17) is 11.6 Å². The third-order valence-corrected chi connectivity index (χ3v) is 5.38. The second-order valence-corrected chi connectivity index (χ2v) is 7.40. The minimum absolute atomic E-state index is 0.173. The molecule has 1 aromatic heterocycles. The van der Waals surface area contributed by atoms with Gasteiger partial charge in [-0.15, -0.1) is 10.2 Å². The quantitative estimate of drug-likeness (QED) is 0.624. The number of aryl methyl sites for hydroxylation is 1. The van der Waals surface area contributed by atoms with Crippen LogP contribution in [-0.2, 0) is 11.3 Å². The fraction of sp³-hybridized carbons (Fsp3) is 0.333. The Morgan fingerprint density at radius 1 is 0.966 bits per heavy atom. The molecule has 150 valence electrons. The van der Waals surface area contributed by atoms with E-state index in [1.165, 1.54) is 0 Å². The summed E-state index contributed by atoms with van der Waals surface area (Å²) in [7, 11) is 0. The average molecular weight is 411 g/mol. The minimum atomic E-state index is 0.173. The first-order valence-electron chi connectivity index (χ1n) is 9.81. The monoisotopic (exact) mass is 410 g/mol. The van der Waals surface area contributed by atoms with Gasteiger partial charge in [-0.2, -0.15) is 4.80 Å². The molecule has 0 aliphatic carbocycles. The zero-order valence-electron chi connectivity index (χ0n) is 16.1. The van der Waals surface area contributed by atoms with E-state index in [0.717, 1.165) is 29.4 Å². The standard InChI is InChI=1S/C21H23ClN6O/c22-18-9-4-5-10-19(18)26-13-15-27(16-14-26)20(29)11-6-12-28-24-21(23-25-28)17-7-2-1-3-8-17/h1-5,7-10H,6,11-16H2. The zero-order chi connectivity index (χ0) is 20.1. The van der Waals surface area contributed by atoms with Crippen LogP contribution in [0, 0.1) is 0 Å². The fourth-order valence-corrected chi connectivity index (χ4v) is 3.73. The van der Waals surface area contributed by atoms with Crippen LogP contribution in [0.1, 0.15) is 12.8 Å². The van der Waals surface area contributed by atoms with E-state index < -0.39 is 0 Å². The molecule has 0 unspecified atom stereocenters. The third-order valence-electron chi connectivity index (χ3n) is 5.06. The van der Waals surface area contributed by atoms with Crippen LogP contribution in [0.4, 0.5) is 5.69 Å². The molecule has 4 rings (SSSR count). The van der Waals surface area contributed by atoms with Gasteiger partial charge in [-0.25, -0.2) is 0 Å². The van der Waals surface area contributed by atoms with Gasteiger partial charge in [0.25, 0.3) is 0 Å². The lowest BCUT2D eigenvalue weighted by atomic mass is 10.2. The molecule has 2 heterocycles. The number of para-hydroxylation sites is 1. The Bertz CT molecular complexity index is 953. The molecule has 0 spiro atoms. The number of carbonyl (C=O) groups excluding carboxylic acids is 1. The van der Waals surface area contributed by atoms with E-state index in [9.17, 15) is 4.79 Å². The van der Waals surface area contributed by atoms with E-state index in [1.807, 2.05) is 59.5 Å². The molecule has 0 radical (unpaired) electrons. The highest BCUT2D eigenvalue weighted by Gasteiger charge is 2.22. The first-order chi connectivity index (χ1) is 14.2. The average Bonchev–Trinajstić information content (AvgIpc) is 3.24. The Morgan fingerprint density at radius 3 is 2.45 bits per heavy atom. The molecule has 1 amide bonds. The maximum atomic E-state index is 12.5. The first kappa shape index (κ1) is 19.4. The number of halogens is 1. The van der Waals surface area contributed by atoms with Crippen molar-refractivity contribution in [2.24, 2.45) is 0 Å². The van der Waals surface area contributed by atoms with Gasteiger partial charge in [0.1, 0.15) is 0 Å². The van der Waals surface area contributed by atoms with Crippen LogP contribution < -0.4 is 4.90 Å². The van der Waals surface area contributed by atoms with Crippen molar-refractivity contribution in [2.75, 3.05) is 31.1 Å². The molecule has 1 aliphatic heterocycles. The largest absolute Gasteiger partial charge is 0.367 e. The van der Waals surface area contributed by atoms with Crippen LogP contribution >= 0.6 is 11.6 Å². The van der Waals surface area contributed by atoms with E-state index in [2.05, 4.69) is 20.3 Å². The number of anilines is 1. The lowest BCUT2D eigenvalue weighted by Gasteiger charge is -2.36. The lowest BCUT2D eigenvalue weighted by molar-refractivity contribution is -0.131. The van der Waals surface area contributed by atoms with Crippen LogP contribution in [0.2, 0.25) is 5.02 Å². The molecular formula is C21H23ClN6O. The number of nitrogens with zero attached hydrogens (tertiary/aromatic N) is 6. The summed E-state index contributed by atoms with van der Waals surface area (Å²) in [6.07, 6.45) is 1.17. The number of aromatic nitrogens is 4. The van der Waals surface area contributed by atoms with Gasteiger partial charge >= 0.3 is 0 Å². The van der Waals surface area contributed by atoms with Gasteiger partial charge in [-0.3, -0.25) is 4.79 Å². The molecule has 1 fully saturated rings. The van der Waals surface area contributed by atoms with Crippen LogP contribution in [0.25, 0.3) is 11.4 Å². The third kappa shape index (κ3) is 4.74. The highest BCUT2D eigenvalue weighted by molar-refractivity contribution is 6.33. The first-order valence-corrected chi connectivity index (χ1v) is 10.2. The van der Waals surface area contributed by atoms with Gasteiger partial charge in [0.05, 0.1) is 17.3 Å². The van der Waals surface area contributed by atoms with Crippen molar-refractivity contribution < 1.29 is 4.79 Å².